The SMILES string of the molecule is CCCC=Cc1ccc(-c2cc(CC)ccc2C(=O)O)cc1. The molecule has 2 aromatic carbocycles. The Morgan fingerprint density at radius 1 is 1.09 bits per heavy atom. The lowest BCUT2D eigenvalue weighted by molar-refractivity contribution is 0.0697. The van der Waals surface area contributed by atoms with E-state index >= 15 is 0 Å². The summed E-state index contributed by atoms with van der Waals surface area (Å²) in [5.41, 5.74) is 4.37. The van der Waals surface area contributed by atoms with Gasteiger partial charge in [-0.15, -0.1) is 0 Å². The number of allylic oxidation sites excluding steroid dienone is 1. The number of benzene rings is 2. The molecule has 1 N–H and O–H groups in total. The number of unbranched alkanes of at least 4 members (excludes halogenated alkanes) is 1. The molecule has 0 unspecified atom stereocenters. The van der Waals surface area contributed by atoms with Gasteiger partial charge >= 0.3 is 5.97 Å². The number of carbonyl (C=O) groups is 1. The summed E-state index contributed by atoms with van der Waals surface area (Å²) in [6.45, 7) is 4.22. The average Bonchev–Trinajstić information content (AvgIpc) is 2.55. The molecule has 0 amide bonds. The van der Waals surface area contributed by atoms with Crippen LogP contribution in [0.2, 0.25) is 0 Å². The topological polar surface area (TPSA) is 37.3 Å². The summed E-state index contributed by atoms with van der Waals surface area (Å²) >= 11 is 0. The van der Waals surface area contributed by atoms with Crippen LogP contribution in [0.5, 0.6) is 0 Å². The number of carboxylic acid groups (broad SMARTS) is 1. The minimum atomic E-state index is -0.885. The Kier molecular flexibility index (Phi) is 5.54. The second-order valence-corrected chi connectivity index (χ2v) is 5.35. The highest BCUT2D eigenvalue weighted by molar-refractivity contribution is 5.96. The van der Waals surface area contributed by atoms with E-state index in [1.165, 1.54) is 0 Å². The lowest BCUT2D eigenvalue weighted by Gasteiger charge is -2.09. The molecule has 0 spiro atoms. The molecule has 22 heavy (non-hydrogen) atoms. The Hall–Kier alpha value is -2.35. The second kappa shape index (κ2) is 7.60. The van der Waals surface area contributed by atoms with Crippen molar-refractivity contribution in [3.05, 3.63) is 65.2 Å². The van der Waals surface area contributed by atoms with E-state index in [0.717, 1.165) is 41.5 Å². The molecule has 0 fully saturated rings. The van der Waals surface area contributed by atoms with Gasteiger partial charge in [0.1, 0.15) is 0 Å². The molecule has 0 saturated heterocycles. The molecular weight excluding hydrogens is 272 g/mol. The third-order valence-corrected chi connectivity index (χ3v) is 3.71. The van der Waals surface area contributed by atoms with Gasteiger partial charge in [-0.1, -0.05) is 68.8 Å². The highest BCUT2D eigenvalue weighted by Gasteiger charge is 2.12. The van der Waals surface area contributed by atoms with Crippen molar-refractivity contribution in [1.82, 2.24) is 0 Å². The standard InChI is InChI=1S/C20H22O2/c1-3-5-6-7-16-8-11-17(12-9-16)19-14-15(4-2)10-13-18(19)20(21)22/h6-14H,3-5H2,1-2H3,(H,21,22). The Labute approximate surface area is 132 Å². The summed E-state index contributed by atoms with van der Waals surface area (Å²) < 4.78 is 0. The predicted molar refractivity (Wildman–Crippen MR) is 92.2 cm³/mol. The summed E-state index contributed by atoms with van der Waals surface area (Å²) in [6.07, 6.45) is 7.37. The summed E-state index contributed by atoms with van der Waals surface area (Å²) in [6, 6.07) is 13.6. The smallest absolute Gasteiger partial charge is 0.336 e. The Morgan fingerprint density at radius 3 is 2.41 bits per heavy atom. The highest BCUT2D eigenvalue weighted by Crippen LogP contribution is 2.26. The fourth-order valence-electron chi connectivity index (χ4n) is 2.40. The van der Waals surface area contributed by atoms with Crippen LogP contribution < -0.4 is 0 Å². The normalized spacial score (nSPS) is 11.0. The van der Waals surface area contributed by atoms with Crippen molar-refractivity contribution in [3.63, 3.8) is 0 Å². The number of carboxylic acids is 1. The molecule has 2 heteroatoms. The largest absolute Gasteiger partial charge is 0.478 e. The number of hydrogen-bond acceptors (Lipinski definition) is 1. The van der Waals surface area contributed by atoms with Gasteiger partial charge in [-0.3, -0.25) is 0 Å². The van der Waals surface area contributed by atoms with Gasteiger partial charge in [0.15, 0.2) is 0 Å². The van der Waals surface area contributed by atoms with Gasteiger partial charge in [0.2, 0.25) is 0 Å². The van der Waals surface area contributed by atoms with Gasteiger partial charge in [0.25, 0.3) is 0 Å². The van der Waals surface area contributed by atoms with Gasteiger partial charge in [0.05, 0.1) is 5.56 Å². The Bertz CT molecular complexity index is 667. The first-order valence-electron chi connectivity index (χ1n) is 7.79. The molecule has 0 aliphatic carbocycles. The fraction of sp³-hybridized carbons (Fsp3) is 0.250. The number of rotatable bonds is 6. The van der Waals surface area contributed by atoms with E-state index in [9.17, 15) is 9.90 Å². The Morgan fingerprint density at radius 2 is 1.82 bits per heavy atom. The minimum Gasteiger partial charge on any atom is -0.478 e. The van der Waals surface area contributed by atoms with Crippen molar-refractivity contribution in [2.45, 2.75) is 33.1 Å². The molecule has 2 aromatic rings. The zero-order chi connectivity index (χ0) is 15.9. The first kappa shape index (κ1) is 16.0. The molecule has 0 bridgehead atoms. The lowest BCUT2D eigenvalue weighted by atomic mass is 9.95. The molecule has 2 nitrogen and oxygen atoms in total. The maximum absolute atomic E-state index is 11.4. The lowest BCUT2D eigenvalue weighted by Crippen LogP contribution is -2.00. The third kappa shape index (κ3) is 3.85. The monoisotopic (exact) mass is 294 g/mol. The van der Waals surface area contributed by atoms with Gasteiger partial charge in [-0.2, -0.15) is 0 Å². The zero-order valence-electron chi connectivity index (χ0n) is 13.2. The first-order chi connectivity index (χ1) is 10.7. The molecule has 2 rings (SSSR count). The van der Waals surface area contributed by atoms with Crippen LogP contribution in [-0.2, 0) is 6.42 Å². The minimum absolute atomic E-state index is 0.353. The van der Waals surface area contributed by atoms with Crippen molar-refractivity contribution in [2.75, 3.05) is 0 Å². The van der Waals surface area contributed by atoms with E-state index in [-0.39, 0.29) is 0 Å². The molecule has 0 aromatic heterocycles. The summed E-state index contributed by atoms with van der Waals surface area (Å²) in [7, 11) is 0. The van der Waals surface area contributed by atoms with Gasteiger partial charge in [-0.05, 0) is 41.2 Å². The molecule has 0 heterocycles. The van der Waals surface area contributed by atoms with Crippen molar-refractivity contribution in [1.29, 1.82) is 0 Å². The molecule has 0 atom stereocenters. The molecule has 114 valence electrons. The second-order valence-electron chi connectivity index (χ2n) is 5.35. The molecule has 0 aliphatic heterocycles. The van der Waals surface area contributed by atoms with E-state index < -0.39 is 5.97 Å². The third-order valence-electron chi connectivity index (χ3n) is 3.71. The molecule has 0 saturated carbocycles. The molecule has 0 aliphatic rings. The van der Waals surface area contributed by atoms with Crippen LogP contribution in [0.25, 0.3) is 17.2 Å². The first-order valence-corrected chi connectivity index (χ1v) is 7.79. The van der Waals surface area contributed by atoms with E-state index in [0.29, 0.717) is 5.56 Å². The number of hydrogen-bond donors (Lipinski definition) is 1. The Balaban J connectivity index is 2.36. The van der Waals surface area contributed by atoms with Crippen LogP contribution in [-0.4, -0.2) is 11.1 Å². The van der Waals surface area contributed by atoms with Crippen LogP contribution in [0.3, 0.4) is 0 Å². The van der Waals surface area contributed by atoms with Crippen molar-refractivity contribution in [3.8, 4) is 11.1 Å². The maximum atomic E-state index is 11.4. The van der Waals surface area contributed by atoms with Gasteiger partial charge in [0, 0.05) is 0 Å². The van der Waals surface area contributed by atoms with E-state index in [4.69, 9.17) is 0 Å². The summed E-state index contributed by atoms with van der Waals surface area (Å²) in [5, 5.41) is 9.38. The zero-order valence-corrected chi connectivity index (χ0v) is 13.2. The van der Waals surface area contributed by atoms with Crippen LogP contribution >= 0.6 is 0 Å². The summed E-state index contributed by atoms with van der Waals surface area (Å²) in [4.78, 5) is 11.4. The highest BCUT2D eigenvalue weighted by atomic mass is 16.4. The van der Waals surface area contributed by atoms with Crippen LogP contribution in [0.15, 0.2) is 48.5 Å². The average molecular weight is 294 g/mol. The van der Waals surface area contributed by atoms with Crippen molar-refractivity contribution in [2.24, 2.45) is 0 Å². The molecule has 0 radical (unpaired) electrons. The summed E-state index contributed by atoms with van der Waals surface area (Å²) in [5.74, 6) is -0.885. The van der Waals surface area contributed by atoms with Crippen molar-refractivity contribution < 1.29 is 9.90 Å². The van der Waals surface area contributed by atoms with Gasteiger partial charge in [-0.25, -0.2) is 4.79 Å². The van der Waals surface area contributed by atoms with E-state index in [2.05, 4.69) is 26.0 Å². The number of aromatic carboxylic acids is 1. The molecular formula is C20H22O2. The van der Waals surface area contributed by atoms with E-state index in [1.54, 1.807) is 6.07 Å². The van der Waals surface area contributed by atoms with Crippen LogP contribution in [0.4, 0.5) is 0 Å². The number of aryl methyl sites for hydroxylation is 1. The van der Waals surface area contributed by atoms with Crippen LogP contribution in [0.1, 0.15) is 48.2 Å². The van der Waals surface area contributed by atoms with Crippen LogP contribution in [0, 0.1) is 0 Å². The van der Waals surface area contributed by atoms with Crippen molar-refractivity contribution >= 4 is 12.0 Å². The quantitative estimate of drug-likeness (QED) is 0.771. The fourth-order valence-corrected chi connectivity index (χ4v) is 2.40. The van der Waals surface area contributed by atoms with E-state index in [1.807, 2.05) is 36.4 Å². The predicted octanol–water partition coefficient (Wildman–Crippen LogP) is 5.43. The maximum Gasteiger partial charge on any atom is 0.336 e. The van der Waals surface area contributed by atoms with Gasteiger partial charge < -0.3 is 5.11 Å².